The minimum Gasteiger partial charge on any atom is -0.469 e. The first-order valence-electron chi connectivity index (χ1n) is 3.44. The molecule has 0 atom stereocenters. The van der Waals surface area contributed by atoms with E-state index in [1.165, 1.54) is 7.11 Å². The van der Waals surface area contributed by atoms with E-state index < -0.39 is 5.97 Å². The van der Waals surface area contributed by atoms with Gasteiger partial charge in [0.1, 0.15) is 0 Å². The van der Waals surface area contributed by atoms with Crippen molar-refractivity contribution in [3.05, 3.63) is 11.8 Å². The number of hydrogen-bond acceptors (Lipinski definition) is 4. The number of methoxy groups -OCH3 is 1. The summed E-state index contributed by atoms with van der Waals surface area (Å²) in [6.45, 7) is 0. The molecule has 0 aliphatic rings. The zero-order valence-electron chi connectivity index (χ0n) is 7.50. The first kappa shape index (κ1) is 10.5. The zero-order chi connectivity index (χ0) is 9.56. The van der Waals surface area contributed by atoms with Crippen molar-refractivity contribution in [1.82, 2.24) is 4.90 Å². The first-order chi connectivity index (χ1) is 5.60. The highest BCUT2D eigenvalue weighted by atomic mass is 16.5. The summed E-state index contributed by atoms with van der Waals surface area (Å²) >= 11 is 0. The number of ether oxygens (including phenoxy) is 1. The molecule has 0 unspecified atom stereocenters. The highest BCUT2D eigenvalue weighted by Crippen LogP contribution is 2.01. The summed E-state index contributed by atoms with van der Waals surface area (Å²) in [5.74, 6) is -0.398. The van der Waals surface area contributed by atoms with Crippen molar-refractivity contribution >= 4 is 5.97 Å². The molecule has 66 valence electrons. The van der Waals surface area contributed by atoms with Gasteiger partial charge in [-0.3, -0.25) is 4.79 Å². The van der Waals surface area contributed by atoms with E-state index in [1.54, 1.807) is 25.2 Å². The molecule has 0 saturated carbocycles. The van der Waals surface area contributed by atoms with Gasteiger partial charge in [0.15, 0.2) is 0 Å². The molecule has 0 radical (unpaired) electrons. The quantitative estimate of drug-likeness (QED) is 0.455. The van der Waals surface area contributed by atoms with E-state index in [0.717, 1.165) is 0 Å². The molecule has 4 heteroatoms. The Hall–Kier alpha value is -1.50. The lowest BCUT2D eigenvalue weighted by molar-refractivity contribution is -0.139. The third-order valence-electron chi connectivity index (χ3n) is 1.12. The summed E-state index contributed by atoms with van der Waals surface area (Å²) in [6, 6.07) is 1.92. The number of rotatable bonds is 3. The summed E-state index contributed by atoms with van der Waals surface area (Å²) in [7, 11) is 4.87. The van der Waals surface area contributed by atoms with Gasteiger partial charge < -0.3 is 9.64 Å². The second-order valence-corrected chi connectivity index (χ2v) is 2.48. The van der Waals surface area contributed by atoms with Crippen molar-refractivity contribution in [2.75, 3.05) is 21.2 Å². The second-order valence-electron chi connectivity index (χ2n) is 2.48. The molecule has 0 saturated heterocycles. The van der Waals surface area contributed by atoms with Crippen LogP contribution < -0.4 is 0 Å². The summed E-state index contributed by atoms with van der Waals surface area (Å²) in [4.78, 5) is 12.4. The number of carbonyl (C=O) groups is 1. The highest BCUT2D eigenvalue weighted by Gasteiger charge is 2.04. The van der Waals surface area contributed by atoms with Gasteiger partial charge in [-0.1, -0.05) is 0 Å². The van der Waals surface area contributed by atoms with Crippen LogP contribution in [0.15, 0.2) is 11.8 Å². The molecule has 0 aromatic rings. The largest absolute Gasteiger partial charge is 0.469 e. The molecule has 0 spiro atoms. The lowest BCUT2D eigenvalue weighted by Crippen LogP contribution is -2.06. The van der Waals surface area contributed by atoms with E-state index in [0.29, 0.717) is 5.57 Å². The van der Waals surface area contributed by atoms with E-state index >= 15 is 0 Å². The highest BCUT2D eigenvalue weighted by molar-refractivity contribution is 5.73. The summed E-state index contributed by atoms with van der Waals surface area (Å²) < 4.78 is 4.41. The Bertz CT molecular complexity index is 226. The molecule has 0 N–H and O–H groups in total. The van der Waals surface area contributed by atoms with E-state index in [2.05, 4.69) is 4.74 Å². The van der Waals surface area contributed by atoms with Crippen LogP contribution in [-0.2, 0) is 9.53 Å². The molecule has 0 bridgehead atoms. The van der Waals surface area contributed by atoms with Crippen LogP contribution in [0.25, 0.3) is 0 Å². The molecular weight excluding hydrogens is 156 g/mol. The average Bonchev–Trinajstić information content (AvgIpc) is 2.02. The molecule has 0 rings (SSSR count). The summed E-state index contributed by atoms with van der Waals surface area (Å²) in [5, 5.41) is 8.57. The molecule has 0 aromatic heterocycles. The number of esters is 1. The predicted octanol–water partition coefficient (Wildman–Crippen LogP) is 0.519. The predicted molar refractivity (Wildman–Crippen MR) is 44.0 cm³/mol. The normalized spacial score (nSPS) is 10.3. The summed E-state index contributed by atoms with van der Waals surface area (Å²) in [6.07, 6.45) is 1.63. The maximum Gasteiger partial charge on any atom is 0.310 e. The van der Waals surface area contributed by atoms with E-state index in [9.17, 15) is 4.79 Å². The van der Waals surface area contributed by atoms with Crippen LogP contribution in [0.2, 0.25) is 0 Å². The van der Waals surface area contributed by atoms with Crippen molar-refractivity contribution in [2.24, 2.45) is 0 Å². The minimum absolute atomic E-state index is 0.0329. The molecule has 0 aliphatic carbocycles. The molecular formula is C8H12N2O2. The zero-order valence-corrected chi connectivity index (χ0v) is 7.50. The summed E-state index contributed by atoms with van der Waals surface area (Å²) in [5.41, 5.74) is 0.395. The van der Waals surface area contributed by atoms with Crippen molar-refractivity contribution < 1.29 is 9.53 Å². The number of hydrogen-bond donors (Lipinski definition) is 0. The topological polar surface area (TPSA) is 53.3 Å². The maximum atomic E-state index is 10.7. The van der Waals surface area contributed by atoms with Crippen molar-refractivity contribution in [2.45, 2.75) is 6.42 Å². The fourth-order valence-electron chi connectivity index (χ4n) is 0.653. The van der Waals surface area contributed by atoms with Gasteiger partial charge in [-0.2, -0.15) is 5.26 Å². The van der Waals surface area contributed by atoms with Gasteiger partial charge in [0.25, 0.3) is 0 Å². The third kappa shape index (κ3) is 4.34. The van der Waals surface area contributed by atoms with E-state index in [-0.39, 0.29) is 6.42 Å². The van der Waals surface area contributed by atoms with Crippen molar-refractivity contribution in [1.29, 1.82) is 5.26 Å². The lowest BCUT2D eigenvalue weighted by atomic mass is 10.2. The fourth-order valence-corrected chi connectivity index (χ4v) is 0.653. The van der Waals surface area contributed by atoms with Crippen LogP contribution in [-0.4, -0.2) is 32.1 Å². The van der Waals surface area contributed by atoms with Gasteiger partial charge in [0, 0.05) is 20.3 Å². The van der Waals surface area contributed by atoms with Crippen LogP contribution in [0.4, 0.5) is 0 Å². The van der Waals surface area contributed by atoms with Crippen LogP contribution in [0.5, 0.6) is 0 Å². The van der Waals surface area contributed by atoms with E-state index in [1.807, 2.05) is 6.07 Å². The fraction of sp³-hybridized carbons (Fsp3) is 0.500. The Morgan fingerprint density at radius 3 is 2.58 bits per heavy atom. The Labute approximate surface area is 72.0 Å². The molecule has 0 aliphatic heterocycles. The number of nitriles is 1. The Kier molecular flexibility index (Phi) is 4.54. The molecule has 0 fully saturated rings. The van der Waals surface area contributed by atoms with E-state index in [4.69, 9.17) is 5.26 Å². The smallest absolute Gasteiger partial charge is 0.310 e. The number of nitrogens with zero attached hydrogens (tertiary/aromatic N) is 2. The van der Waals surface area contributed by atoms with Crippen LogP contribution >= 0.6 is 0 Å². The van der Waals surface area contributed by atoms with Gasteiger partial charge in [0.2, 0.25) is 0 Å². The molecule has 4 nitrogen and oxygen atoms in total. The number of carbonyl (C=O) groups excluding carboxylic acids is 1. The average molecular weight is 168 g/mol. The first-order valence-corrected chi connectivity index (χ1v) is 3.44. The Balaban J connectivity index is 4.21. The SMILES string of the molecule is COC(=O)C/C(C#N)=C/N(C)C. The lowest BCUT2D eigenvalue weighted by Gasteiger charge is -2.05. The molecule has 0 aromatic carbocycles. The van der Waals surface area contributed by atoms with Gasteiger partial charge in [-0.25, -0.2) is 0 Å². The standard InChI is InChI=1S/C8H12N2O2/c1-10(2)6-7(5-9)4-8(11)12-3/h6H,4H2,1-3H3/b7-6-. The third-order valence-corrected chi connectivity index (χ3v) is 1.12. The Morgan fingerprint density at radius 2 is 2.25 bits per heavy atom. The second kappa shape index (κ2) is 5.19. The monoisotopic (exact) mass is 168 g/mol. The molecule has 12 heavy (non-hydrogen) atoms. The Morgan fingerprint density at radius 1 is 1.67 bits per heavy atom. The maximum absolute atomic E-state index is 10.7. The molecule has 0 heterocycles. The van der Waals surface area contributed by atoms with Crippen LogP contribution in [0, 0.1) is 11.3 Å². The van der Waals surface area contributed by atoms with Gasteiger partial charge in [0.05, 0.1) is 25.2 Å². The van der Waals surface area contributed by atoms with Gasteiger partial charge in [-0.05, 0) is 0 Å². The molecule has 0 amide bonds. The van der Waals surface area contributed by atoms with Crippen LogP contribution in [0.1, 0.15) is 6.42 Å². The van der Waals surface area contributed by atoms with Crippen molar-refractivity contribution in [3.8, 4) is 6.07 Å². The van der Waals surface area contributed by atoms with Crippen LogP contribution in [0.3, 0.4) is 0 Å². The van der Waals surface area contributed by atoms with Gasteiger partial charge >= 0.3 is 5.97 Å². The minimum atomic E-state index is -0.398. The van der Waals surface area contributed by atoms with Gasteiger partial charge in [-0.15, -0.1) is 0 Å². The van der Waals surface area contributed by atoms with Crippen molar-refractivity contribution in [3.63, 3.8) is 0 Å².